The molecule has 0 aromatic heterocycles. The van der Waals surface area contributed by atoms with Crippen LogP contribution < -0.4 is 10.1 Å². The third-order valence-corrected chi connectivity index (χ3v) is 3.60. The molecule has 0 saturated heterocycles. The van der Waals surface area contributed by atoms with E-state index >= 15 is 0 Å². The Balaban J connectivity index is 1.89. The highest BCUT2D eigenvalue weighted by Gasteiger charge is 2.42. The number of carbonyl (C=O) groups excluding carboxylic acids is 1. The van der Waals surface area contributed by atoms with Crippen LogP contribution >= 0.6 is 0 Å². The second-order valence-electron chi connectivity index (χ2n) is 5.07. The topological polar surface area (TPSA) is 99.4 Å². The summed E-state index contributed by atoms with van der Waals surface area (Å²) in [6.07, 6.45) is 2.49. The number of benzene rings is 1. The van der Waals surface area contributed by atoms with Gasteiger partial charge in [-0.25, -0.2) is 4.79 Å². The van der Waals surface area contributed by atoms with Crippen molar-refractivity contribution in [3.05, 3.63) is 29.8 Å². The minimum Gasteiger partial charge on any atom is -0.484 e. The average molecular weight is 288 g/mol. The molecule has 21 heavy (non-hydrogen) atoms. The van der Waals surface area contributed by atoms with E-state index in [-0.39, 0.29) is 6.61 Å². The molecule has 1 aromatic carbocycles. The van der Waals surface area contributed by atoms with Crippen molar-refractivity contribution in [2.24, 2.45) is 0 Å². The van der Waals surface area contributed by atoms with Gasteiger partial charge in [-0.1, -0.05) is 12.8 Å². The number of hydrogen-bond donors (Lipinski definition) is 2. The summed E-state index contributed by atoms with van der Waals surface area (Å²) < 4.78 is 5.29. The molecule has 0 bridgehead atoms. The van der Waals surface area contributed by atoms with E-state index in [1.807, 2.05) is 6.07 Å². The third kappa shape index (κ3) is 3.51. The van der Waals surface area contributed by atoms with Gasteiger partial charge in [0, 0.05) is 0 Å². The van der Waals surface area contributed by atoms with Gasteiger partial charge < -0.3 is 15.2 Å². The van der Waals surface area contributed by atoms with Crippen molar-refractivity contribution in [3.8, 4) is 11.8 Å². The first-order valence-corrected chi connectivity index (χ1v) is 6.73. The molecule has 6 nitrogen and oxygen atoms in total. The lowest BCUT2D eigenvalue weighted by molar-refractivity contribution is -0.147. The minimum absolute atomic E-state index is 0.249. The average Bonchev–Trinajstić information content (AvgIpc) is 2.95. The molecule has 1 amide bonds. The van der Waals surface area contributed by atoms with Crippen molar-refractivity contribution in [1.82, 2.24) is 5.32 Å². The monoisotopic (exact) mass is 288 g/mol. The van der Waals surface area contributed by atoms with Crippen LogP contribution in [0.2, 0.25) is 0 Å². The van der Waals surface area contributed by atoms with Crippen LogP contribution in [0, 0.1) is 11.3 Å². The number of rotatable bonds is 5. The fraction of sp³-hybridized carbons (Fsp3) is 0.400. The molecule has 1 aliphatic rings. The summed E-state index contributed by atoms with van der Waals surface area (Å²) in [5.41, 5.74) is -0.645. The van der Waals surface area contributed by atoms with Crippen molar-refractivity contribution in [1.29, 1.82) is 5.26 Å². The van der Waals surface area contributed by atoms with Gasteiger partial charge in [-0.3, -0.25) is 4.79 Å². The van der Waals surface area contributed by atoms with Crippen molar-refractivity contribution in [3.63, 3.8) is 0 Å². The summed E-state index contributed by atoms with van der Waals surface area (Å²) >= 11 is 0. The van der Waals surface area contributed by atoms with Crippen LogP contribution in [0.4, 0.5) is 0 Å². The number of nitrogens with zero attached hydrogens (tertiary/aromatic N) is 1. The highest BCUT2D eigenvalue weighted by Crippen LogP contribution is 2.29. The van der Waals surface area contributed by atoms with Crippen molar-refractivity contribution >= 4 is 11.9 Å². The predicted molar refractivity (Wildman–Crippen MR) is 73.6 cm³/mol. The summed E-state index contributed by atoms with van der Waals surface area (Å²) in [5.74, 6) is -0.990. The third-order valence-electron chi connectivity index (χ3n) is 3.60. The lowest BCUT2D eigenvalue weighted by Crippen LogP contribution is -2.53. The maximum absolute atomic E-state index is 11.9. The van der Waals surface area contributed by atoms with Crippen molar-refractivity contribution in [2.45, 2.75) is 31.2 Å². The van der Waals surface area contributed by atoms with Crippen LogP contribution in [0.25, 0.3) is 0 Å². The van der Waals surface area contributed by atoms with Crippen LogP contribution in [0.15, 0.2) is 24.3 Å². The molecule has 0 spiro atoms. The Labute approximate surface area is 122 Å². The molecule has 0 atom stereocenters. The van der Waals surface area contributed by atoms with Gasteiger partial charge in [-0.05, 0) is 37.1 Å². The molecular formula is C15H16N2O4. The van der Waals surface area contributed by atoms with E-state index in [0.29, 0.717) is 24.2 Å². The van der Waals surface area contributed by atoms with Crippen LogP contribution in [-0.2, 0) is 9.59 Å². The number of nitrogens with one attached hydrogen (secondary N) is 1. The standard InChI is InChI=1S/C15H16N2O4/c16-9-11-3-5-12(6-4-11)21-10-13(18)17-15(14(19)20)7-1-2-8-15/h3-6H,1-2,7-8,10H2,(H,17,18)(H,19,20). The zero-order valence-corrected chi connectivity index (χ0v) is 11.5. The van der Waals surface area contributed by atoms with Crippen molar-refractivity contribution < 1.29 is 19.4 Å². The molecule has 1 aliphatic carbocycles. The Kier molecular flexibility index (Phi) is 4.43. The first kappa shape index (κ1) is 14.9. The van der Waals surface area contributed by atoms with Gasteiger partial charge >= 0.3 is 5.97 Å². The zero-order valence-electron chi connectivity index (χ0n) is 11.5. The molecule has 0 aliphatic heterocycles. The summed E-state index contributed by atoms with van der Waals surface area (Å²) in [6.45, 7) is -0.249. The van der Waals surface area contributed by atoms with E-state index in [9.17, 15) is 14.7 Å². The molecule has 2 N–H and O–H groups in total. The van der Waals surface area contributed by atoms with Crippen molar-refractivity contribution in [2.75, 3.05) is 6.61 Å². The molecule has 110 valence electrons. The lowest BCUT2D eigenvalue weighted by Gasteiger charge is -2.25. The zero-order chi connectivity index (χ0) is 15.3. The van der Waals surface area contributed by atoms with Crippen LogP contribution in [0.1, 0.15) is 31.2 Å². The number of carboxylic acids is 1. The minimum atomic E-state index is -1.15. The number of aliphatic carboxylic acids is 1. The van der Waals surface area contributed by atoms with E-state index in [0.717, 1.165) is 12.8 Å². The number of hydrogen-bond acceptors (Lipinski definition) is 4. The van der Waals surface area contributed by atoms with E-state index in [2.05, 4.69) is 5.32 Å². The SMILES string of the molecule is N#Cc1ccc(OCC(=O)NC2(C(=O)O)CCCC2)cc1. The Morgan fingerprint density at radius 3 is 2.43 bits per heavy atom. The highest BCUT2D eigenvalue weighted by atomic mass is 16.5. The molecule has 1 saturated carbocycles. The van der Waals surface area contributed by atoms with E-state index in [1.165, 1.54) is 0 Å². The number of amides is 1. The Morgan fingerprint density at radius 1 is 1.29 bits per heavy atom. The van der Waals surface area contributed by atoms with E-state index in [1.54, 1.807) is 24.3 Å². The van der Waals surface area contributed by atoms with Crippen LogP contribution in [-0.4, -0.2) is 29.1 Å². The molecule has 6 heteroatoms. The van der Waals surface area contributed by atoms with Gasteiger partial charge in [0.25, 0.3) is 5.91 Å². The molecule has 0 radical (unpaired) electrons. The fourth-order valence-electron chi connectivity index (χ4n) is 2.45. The second-order valence-corrected chi connectivity index (χ2v) is 5.07. The Morgan fingerprint density at radius 2 is 1.90 bits per heavy atom. The van der Waals surface area contributed by atoms with Gasteiger partial charge in [0.05, 0.1) is 11.6 Å². The van der Waals surface area contributed by atoms with Crippen LogP contribution in [0.5, 0.6) is 5.75 Å². The van der Waals surface area contributed by atoms with Gasteiger partial charge in [-0.2, -0.15) is 5.26 Å². The molecular weight excluding hydrogens is 272 g/mol. The van der Waals surface area contributed by atoms with Gasteiger partial charge in [0.15, 0.2) is 6.61 Å². The summed E-state index contributed by atoms with van der Waals surface area (Å²) in [4.78, 5) is 23.2. The largest absolute Gasteiger partial charge is 0.484 e. The molecule has 1 aromatic rings. The fourth-order valence-corrected chi connectivity index (χ4v) is 2.45. The molecule has 0 heterocycles. The van der Waals surface area contributed by atoms with Gasteiger partial charge in [0.1, 0.15) is 11.3 Å². The highest BCUT2D eigenvalue weighted by molar-refractivity contribution is 5.87. The summed E-state index contributed by atoms with van der Waals surface area (Å²) in [6, 6.07) is 8.34. The maximum Gasteiger partial charge on any atom is 0.329 e. The smallest absolute Gasteiger partial charge is 0.329 e. The first-order valence-electron chi connectivity index (χ1n) is 6.73. The quantitative estimate of drug-likeness (QED) is 0.854. The number of carbonyl (C=O) groups is 2. The number of nitriles is 1. The molecule has 0 unspecified atom stereocenters. The predicted octanol–water partition coefficient (Wildman–Crippen LogP) is 1.45. The normalized spacial score (nSPS) is 16.0. The first-order chi connectivity index (χ1) is 10.1. The second kappa shape index (κ2) is 6.27. The lowest BCUT2D eigenvalue weighted by atomic mass is 9.98. The van der Waals surface area contributed by atoms with E-state index in [4.69, 9.17) is 10.00 Å². The Bertz CT molecular complexity index is 568. The van der Waals surface area contributed by atoms with Crippen LogP contribution in [0.3, 0.4) is 0 Å². The number of carboxylic acid groups (broad SMARTS) is 1. The van der Waals surface area contributed by atoms with Gasteiger partial charge in [0.2, 0.25) is 0 Å². The van der Waals surface area contributed by atoms with Gasteiger partial charge in [-0.15, -0.1) is 0 Å². The molecule has 1 fully saturated rings. The Hall–Kier alpha value is -2.55. The summed E-state index contributed by atoms with van der Waals surface area (Å²) in [7, 11) is 0. The van der Waals surface area contributed by atoms with E-state index < -0.39 is 17.4 Å². The number of ether oxygens (including phenoxy) is 1. The molecule has 2 rings (SSSR count). The maximum atomic E-state index is 11.9. The summed E-state index contributed by atoms with van der Waals surface area (Å²) in [5, 5.41) is 20.5.